The fourth-order valence-electron chi connectivity index (χ4n) is 0.708. The van der Waals surface area contributed by atoms with Crippen LogP contribution in [0.15, 0.2) is 15.4 Å². The lowest BCUT2D eigenvalue weighted by atomic mass is 10.3. The standard InChI is InChI=1S/C10H20N2OS/c1-5-10(4)11-14-8-9(3)7-12(13)6-2/h8,13H,5-7H2,1-4H3/b9-8+,11-10-. The van der Waals surface area contributed by atoms with Crippen molar-refractivity contribution in [2.75, 3.05) is 13.1 Å². The number of hydrogen-bond donors (Lipinski definition) is 1. The molecule has 14 heavy (non-hydrogen) atoms. The molecule has 0 spiro atoms. The van der Waals surface area contributed by atoms with Crippen molar-refractivity contribution in [3.63, 3.8) is 0 Å². The zero-order chi connectivity index (χ0) is 11.0. The van der Waals surface area contributed by atoms with E-state index in [-0.39, 0.29) is 0 Å². The van der Waals surface area contributed by atoms with Gasteiger partial charge >= 0.3 is 0 Å². The molecule has 82 valence electrons. The largest absolute Gasteiger partial charge is 0.314 e. The quantitative estimate of drug-likeness (QED) is 0.421. The molecule has 0 fully saturated rings. The summed E-state index contributed by atoms with van der Waals surface area (Å²) in [6.45, 7) is 9.24. The number of hydroxylamine groups is 2. The second-order valence-electron chi connectivity index (χ2n) is 3.23. The molecule has 0 radical (unpaired) electrons. The van der Waals surface area contributed by atoms with Crippen LogP contribution in [-0.2, 0) is 0 Å². The van der Waals surface area contributed by atoms with E-state index in [2.05, 4.69) is 11.3 Å². The Morgan fingerprint density at radius 3 is 2.57 bits per heavy atom. The molecule has 3 nitrogen and oxygen atoms in total. The van der Waals surface area contributed by atoms with Gasteiger partial charge in [-0.2, -0.15) is 5.06 Å². The van der Waals surface area contributed by atoms with Gasteiger partial charge in [0.1, 0.15) is 0 Å². The van der Waals surface area contributed by atoms with Gasteiger partial charge in [0, 0.05) is 30.7 Å². The highest BCUT2D eigenvalue weighted by molar-refractivity contribution is 8.01. The molecule has 0 aliphatic carbocycles. The highest BCUT2D eigenvalue weighted by Gasteiger charge is 1.96. The fourth-order valence-corrected chi connectivity index (χ4v) is 1.32. The lowest BCUT2D eigenvalue weighted by Gasteiger charge is -2.11. The Bertz CT molecular complexity index is 214. The summed E-state index contributed by atoms with van der Waals surface area (Å²) in [5.74, 6) is 0. The van der Waals surface area contributed by atoms with Crippen LogP contribution in [0.3, 0.4) is 0 Å². The molecule has 1 N–H and O–H groups in total. The number of likely N-dealkylation sites (N-methyl/N-ethyl adjacent to an activating group) is 1. The first kappa shape index (κ1) is 13.7. The molecule has 0 aliphatic heterocycles. The van der Waals surface area contributed by atoms with Crippen LogP contribution in [0.2, 0.25) is 0 Å². The second kappa shape index (κ2) is 8.03. The monoisotopic (exact) mass is 216 g/mol. The van der Waals surface area contributed by atoms with Crippen molar-refractivity contribution in [2.45, 2.75) is 34.1 Å². The van der Waals surface area contributed by atoms with Crippen LogP contribution < -0.4 is 0 Å². The van der Waals surface area contributed by atoms with Crippen molar-refractivity contribution >= 4 is 17.7 Å². The smallest absolute Gasteiger partial charge is 0.0454 e. The number of nitrogens with zero attached hydrogens (tertiary/aromatic N) is 2. The van der Waals surface area contributed by atoms with Gasteiger partial charge in [-0.25, -0.2) is 4.40 Å². The van der Waals surface area contributed by atoms with Crippen molar-refractivity contribution in [3.05, 3.63) is 11.0 Å². The third kappa shape index (κ3) is 7.12. The second-order valence-corrected chi connectivity index (χ2v) is 3.86. The van der Waals surface area contributed by atoms with E-state index in [1.807, 2.05) is 26.2 Å². The van der Waals surface area contributed by atoms with Crippen molar-refractivity contribution in [1.82, 2.24) is 5.06 Å². The van der Waals surface area contributed by atoms with Crippen molar-refractivity contribution < 1.29 is 5.21 Å². The maximum absolute atomic E-state index is 9.23. The summed E-state index contributed by atoms with van der Waals surface area (Å²) in [5.41, 5.74) is 2.25. The number of rotatable bonds is 6. The number of hydrogen-bond acceptors (Lipinski definition) is 4. The predicted molar refractivity (Wildman–Crippen MR) is 63.8 cm³/mol. The van der Waals surface area contributed by atoms with Crippen LogP contribution in [0.25, 0.3) is 0 Å². The molecular formula is C10H20N2OS. The van der Waals surface area contributed by atoms with Crippen molar-refractivity contribution in [2.24, 2.45) is 4.40 Å². The Morgan fingerprint density at radius 1 is 1.43 bits per heavy atom. The van der Waals surface area contributed by atoms with Crippen LogP contribution in [0.4, 0.5) is 0 Å². The first-order chi connectivity index (χ1) is 6.60. The predicted octanol–water partition coefficient (Wildman–Crippen LogP) is 3.12. The molecule has 0 bridgehead atoms. The van der Waals surface area contributed by atoms with Gasteiger partial charge in [-0.15, -0.1) is 0 Å². The van der Waals surface area contributed by atoms with Gasteiger partial charge < -0.3 is 5.21 Å². The lowest BCUT2D eigenvalue weighted by Crippen LogP contribution is -2.20. The summed E-state index contributed by atoms with van der Waals surface area (Å²) in [7, 11) is 0. The molecule has 0 atom stereocenters. The van der Waals surface area contributed by atoms with Crippen LogP contribution in [0.1, 0.15) is 34.1 Å². The van der Waals surface area contributed by atoms with Gasteiger partial charge in [0.15, 0.2) is 0 Å². The maximum Gasteiger partial charge on any atom is 0.0454 e. The van der Waals surface area contributed by atoms with E-state index < -0.39 is 0 Å². The summed E-state index contributed by atoms with van der Waals surface area (Å²) in [4.78, 5) is 0. The lowest BCUT2D eigenvalue weighted by molar-refractivity contribution is -0.0774. The van der Waals surface area contributed by atoms with E-state index in [4.69, 9.17) is 0 Å². The summed E-state index contributed by atoms with van der Waals surface area (Å²) in [5, 5.41) is 12.5. The topological polar surface area (TPSA) is 35.8 Å². The molecular weight excluding hydrogens is 196 g/mol. The summed E-state index contributed by atoms with van der Waals surface area (Å²) in [6, 6.07) is 0. The minimum Gasteiger partial charge on any atom is -0.314 e. The van der Waals surface area contributed by atoms with Gasteiger partial charge in [-0.1, -0.05) is 13.8 Å². The minimum absolute atomic E-state index is 0.587. The van der Waals surface area contributed by atoms with Gasteiger partial charge in [-0.05, 0) is 31.2 Å². The Balaban J connectivity index is 3.88. The molecule has 0 aromatic carbocycles. The SMILES string of the molecule is CC/C(C)=N\S/C=C(\C)CN(O)CC. The minimum atomic E-state index is 0.587. The highest BCUT2D eigenvalue weighted by Crippen LogP contribution is 2.10. The van der Waals surface area contributed by atoms with Crippen molar-refractivity contribution in [3.8, 4) is 0 Å². The molecule has 0 aromatic heterocycles. The molecule has 0 saturated carbocycles. The van der Waals surface area contributed by atoms with E-state index in [9.17, 15) is 5.21 Å². The molecule has 4 heteroatoms. The molecule has 0 unspecified atom stereocenters. The molecule has 0 aliphatic rings. The van der Waals surface area contributed by atoms with Gasteiger partial charge in [0.2, 0.25) is 0 Å². The average molecular weight is 216 g/mol. The summed E-state index contributed by atoms with van der Waals surface area (Å²) in [6.07, 6.45) is 0.987. The summed E-state index contributed by atoms with van der Waals surface area (Å²) >= 11 is 1.43. The molecule has 0 heterocycles. The van der Waals surface area contributed by atoms with Crippen LogP contribution in [0.5, 0.6) is 0 Å². The zero-order valence-corrected chi connectivity index (χ0v) is 10.3. The van der Waals surface area contributed by atoms with Crippen LogP contribution in [-0.4, -0.2) is 29.1 Å². The van der Waals surface area contributed by atoms with Crippen LogP contribution >= 0.6 is 11.9 Å². The van der Waals surface area contributed by atoms with E-state index in [0.29, 0.717) is 13.1 Å². The first-order valence-corrected chi connectivity index (χ1v) is 5.72. The molecule has 0 saturated heterocycles. The van der Waals surface area contributed by atoms with Crippen LogP contribution in [0, 0.1) is 0 Å². The van der Waals surface area contributed by atoms with Gasteiger partial charge in [-0.3, -0.25) is 0 Å². The fraction of sp³-hybridized carbons (Fsp3) is 0.700. The van der Waals surface area contributed by atoms with E-state index in [1.165, 1.54) is 17.0 Å². The third-order valence-corrected chi connectivity index (χ3v) is 2.70. The van der Waals surface area contributed by atoms with E-state index in [0.717, 1.165) is 17.7 Å². The molecule has 0 amide bonds. The first-order valence-electron chi connectivity index (χ1n) is 4.88. The van der Waals surface area contributed by atoms with E-state index in [1.54, 1.807) is 0 Å². The average Bonchev–Trinajstić information content (AvgIpc) is 2.17. The Kier molecular flexibility index (Phi) is 7.84. The van der Waals surface area contributed by atoms with E-state index >= 15 is 0 Å². The normalized spacial score (nSPS) is 13.9. The van der Waals surface area contributed by atoms with Crippen molar-refractivity contribution in [1.29, 1.82) is 0 Å². The van der Waals surface area contributed by atoms with Gasteiger partial charge in [0.25, 0.3) is 0 Å². The summed E-state index contributed by atoms with van der Waals surface area (Å²) < 4.78 is 4.27. The van der Waals surface area contributed by atoms with Gasteiger partial charge in [0.05, 0.1) is 0 Å². The zero-order valence-electron chi connectivity index (χ0n) is 9.45. The Morgan fingerprint density at radius 2 is 2.07 bits per heavy atom. The Hall–Kier alpha value is -0.320. The molecule has 0 aromatic rings. The Labute approximate surface area is 91.0 Å². The maximum atomic E-state index is 9.23. The molecule has 0 rings (SSSR count). The third-order valence-electron chi connectivity index (χ3n) is 1.77. The highest BCUT2D eigenvalue weighted by atomic mass is 32.2.